The molecule has 2 unspecified atom stereocenters. The second-order valence-electron chi connectivity index (χ2n) is 5.33. The van der Waals surface area contributed by atoms with Crippen LogP contribution in [0.2, 0.25) is 0 Å². The quantitative estimate of drug-likeness (QED) is 0.227. The molecule has 0 bridgehead atoms. The highest BCUT2D eigenvalue weighted by molar-refractivity contribution is 7.86. The molecule has 0 saturated heterocycles. The molecule has 158 valence electrons. The normalized spacial score (nSPS) is 16.3. The van der Waals surface area contributed by atoms with Gasteiger partial charge in [-0.25, -0.2) is 0 Å². The van der Waals surface area contributed by atoms with Gasteiger partial charge in [0, 0.05) is 0 Å². The number of hydrogen-bond acceptors (Lipinski definition) is 12. The maximum atomic E-state index is 11.4. The second kappa shape index (κ2) is 9.72. The molecule has 26 heavy (non-hydrogen) atoms. The van der Waals surface area contributed by atoms with Crippen LogP contribution in [0.5, 0.6) is 0 Å². The highest BCUT2D eigenvalue weighted by Gasteiger charge is 2.31. The van der Waals surface area contributed by atoms with Gasteiger partial charge in [0.25, 0.3) is 40.5 Å². The first-order chi connectivity index (χ1) is 11.4. The van der Waals surface area contributed by atoms with E-state index in [1.54, 1.807) is 0 Å². The number of hydrogen-bond donors (Lipinski definition) is 0. The Bertz CT molecular complexity index is 853. The highest BCUT2D eigenvalue weighted by atomic mass is 32.2. The van der Waals surface area contributed by atoms with Gasteiger partial charge in [0.1, 0.15) is 12.2 Å². The Balaban J connectivity index is 5.34. The van der Waals surface area contributed by atoms with Crippen molar-refractivity contribution in [2.45, 2.75) is 25.0 Å². The summed E-state index contributed by atoms with van der Waals surface area (Å²) in [6, 6.07) is 0. The van der Waals surface area contributed by atoms with Gasteiger partial charge in [-0.15, -0.1) is 0 Å². The van der Waals surface area contributed by atoms with Crippen LogP contribution >= 0.6 is 0 Å². The standard InChI is InChI=1S/C10H22O12S4/c1-23(11,12)19-7-5-6-9(21-25(3,15)16)10(22-26(4,17)18)8-20-24(2,13)14/h9-10H,5-8H2,1-4H3. The zero-order chi connectivity index (χ0) is 20.8. The predicted molar refractivity (Wildman–Crippen MR) is 90.3 cm³/mol. The topological polar surface area (TPSA) is 173 Å². The molecular weight excluding hydrogens is 440 g/mol. The van der Waals surface area contributed by atoms with E-state index < -0.39 is 59.3 Å². The van der Waals surface area contributed by atoms with Crippen molar-refractivity contribution in [3.8, 4) is 0 Å². The Morgan fingerprint density at radius 2 is 1.04 bits per heavy atom. The zero-order valence-electron chi connectivity index (χ0n) is 14.5. The molecule has 0 aliphatic rings. The van der Waals surface area contributed by atoms with Crippen LogP contribution in [0.3, 0.4) is 0 Å². The first-order valence-electron chi connectivity index (χ1n) is 6.83. The average molecular weight is 463 g/mol. The molecule has 0 aromatic carbocycles. The van der Waals surface area contributed by atoms with E-state index in [1.807, 2.05) is 0 Å². The Kier molecular flexibility index (Phi) is 9.58. The Labute approximate surface area is 154 Å². The molecule has 0 radical (unpaired) electrons. The van der Waals surface area contributed by atoms with Crippen molar-refractivity contribution in [1.82, 2.24) is 0 Å². The van der Waals surface area contributed by atoms with E-state index in [1.165, 1.54) is 0 Å². The van der Waals surface area contributed by atoms with Crippen molar-refractivity contribution < 1.29 is 50.4 Å². The van der Waals surface area contributed by atoms with Crippen LogP contribution in [0.4, 0.5) is 0 Å². The monoisotopic (exact) mass is 462 g/mol. The summed E-state index contributed by atoms with van der Waals surface area (Å²) in [6.07, 6.45) is -0.486. The third-order valence-corrected chi connectivity index (χ3v) is 4.74. The summed E-state index contributed by atoms with van der Waals surface area (Å²) in [5.41, 5.74) is 0. The smallest absolute Gasteiger partial charge is 0.264 e. The molecule has 0 aromatic heterocycles. The lowest BCUT2D eigenvalue weighted by Crippen LogP contribution is -2.39. The summed E-state index contributed by atoms with van der Waals surface area (Å²) >= 11 is 0. The van der Waals surface area contributed by atoms with Crippen LogP contribution in [0.25, 0.3) is 0 Å². The van der Waals surface area contributed by atoms with Gasteiger partial charge in [-0.3, -0.25) is 16.7 Å². The highest BCUT2D eigenvalue weighted by Crippen LogP contribution is 2.17. The third-order valence-electron chi connectivity index (χ3n) is 2.39. The minimum atomic E-state index is -4.12. The lowest BCUT2D eigenvalue weighted by Gasteiger charge is -2.24. The number of rotatable bonds is 13. The maximum absolute atomic E-state index is 11.4. The van der Waals surface area contributed by atoms with E-state index >= 15 is 0 Å². The Hall–Kier alpha value is -0.360. The van der Waals surface area contributed by atoms with E-state index in [-0.39, 0.29) is 19.4 Å². The molecule has 0 aliphatic carbocycles. The molecule has 0 saturated carbocycles. The fraction of sp³-hybridized carbons (Fsp3) is 1.00. The van der Waals surface area contributed by atoms with E-state index in [0.717, 1.165) is 6.26 Å². The first-order valence-corrected chi connectivity index (χ1v) is 14.1. The second-order valence-corrected chi connectivity index (χ2v) is 11.8. The lowest BCUT2D eigenvalue weighted by atomic mass is 10.1. The van der Waals surface area contributed by atoms with Crippen molar-refractivity contribution in [2.75, 3.05) is 38.2 Å². The SMILES string of the molecule is CS(=O)(=O)OCCCC(OS(C)(=O)=O)C(COS(C)(=O)=O)OS(C)(=O)=O. The Morgan fingerprint density at radius 1 is 0.615 bits per heavy atom. The molecule has 0 spiro atoms. The average Bonchev–Trinajstić information content (AvgIpc) is 2.33. The van der Waals surface area contributed by atoms with Crippen LogP contribution in [0.15, 0.2) is 0 Å². The fourth-order valence-electron chi connectivity index (χ4n) is 1.63. The van der Waals surface area contributed by atoms with Crippen LogP contribution < -0.4 is 0 Å². The third kappa shape index (κ3) is 15.9. The molecule has 16 heteroatoms. The van der Waals surface area contributed by atoms with Crippen LogP contribution in [-0.2, 0) is 57.2 Å². The summed E-state index contributed by atoms with van der Waals surface area (Å²) < 4.78 is 108. The summed E-state index contributed by atoms with van der Waals surface area (Å²) in [4.78, 5) is 0. The van der Waals surface area contributed by atoms with Crippen molar-refractivity contribution in [3.05, 3.63) is 0 Å². The summed E-state index contributed by atoms with van der Waals surface area (Å²) in [5, 5.41) is 0. The molecule has 2 atom stereocenters. The van der Waals surface area contributed by atoms with E-state index in [2.05, 4.69) is 12.5 Å². The fourth-order valence-corrected chi connectivity index (χ4v) is 3.73. The molecular formula is C10H22O12S4. The van der Waals surface area contributed by atoms with Gasteiger partial charge in [-0.05, 0) is 12.8 Å². The van der Waals surface area contributed by atoms with Crippen LogP contribution in [0.1, 0.15) is 12.8 Å². The molecule has 0 rings (SSSR count). The van der Waals surface area contributed by atoms with Crippen LogP contribution in [-0.4, -0.2) is 84.1 Å². The molecule has 0 N–H and O–H groups in total. The molecule has 0 fully saturated rings. The van der Waals surface area contributed by atoms with Gasteiger partial charge in [0.2, 0.25) is 0 Å². The minimum absolute atomic E-state index is 0.0598. The minimum Gasteiger partial charge on any atom is -0.270 e. The largest absolute Gasteiger partial charge is 0.270 e. The molecule has 0 amide bonds. The van der Waals surface area contributed by atoms with Crippen molar-refractivity contribution in [3.63, 3.8) is 0 Å². The lowest BCUT2D eigenvalue weighted by molar-refractivity contribution is 0.0260. The summed E-state index contributed by atoms with van der Waals surface area (Å²) in [5.74, 6) is 0. The summed E-state index contributed by atoms with van der Waals surface area (Å²) in [6.45, 7) is -1.17. The predicted octanol–water partition coefficient (Wildman–Crippen LogP) is -1.59. The zero-order valence-corrected chi connectivity index (χ0v) is 17.8. The van der Waals surface area contributed by atoms with Gasteiger partial charge in [0.15, 0.2) is 0 Å². The van der Waals surface area contributed by atoms with Crippen molar-refractivity contribution >= 4 is 40.5 Å². The summed E-state index contributed by atoms with van der Waals surface area (Å²) in [7, 11) is -15.9. The first kappa shape index (κ1) is 25.6. The molecule has 0 aromatic rings. The van der Waals surface area contributed by atoms with Gasteiger partial charge >= 0.3 is 0 Å². The van der Waals surface area contributed by atoms with E-state index in [9.17, 15) is 33.7 Å². The van der Waals surface area contributed by atoms with Crippen molar-refractivity contribution in [2.24, 2.45) is 0 Å². The van der Waals surface area contributed by atoms with Crippen LogP contribution in [0, 0.1) is 0 Å². The maximum Gasteiger partial charge on any atom is 0.264 e. The molecule has 0 aliphatic heterocycles. The van der Waals surface area contributed by atoms with E-state index in [0.29, 0.717) is 18.8 Å². The van der Waals surface area contributed by atoms with Gasteiger partial charge < -0.3 is 0 Å². The van der Waals surface area contributed by atoms with Gasteiger partial charge in [-0.2, -0.15) is 33.7 Å². The van der Waals surface area contributed by atoms with Crippen molar-refractivity contribution in [1.29, 1.82) is 0 Å². The molecule has 12 nitrogen and oxygen atoms in total. The molecule has 0 heterocycles. The Morgan fingerprint density at radius 3 is 1.42 bits per heavy atom. The van der Waals surface area contributed by atoms with E-state index in [4.69, 9.17) is 4.18 Å². The van der Waals surface area contributed by atoms with Gasteiger partial charge in [0.05, 0.1) is 38.2 Å². The van der Waals surface area contributed by atoms with Gasteiger partial charge in [-0.1, -0.05) is 0 Å².